The summed E-state index contributed by atoms with van der Waals surface area (Å²) in [6, 6.07) is 4.18. The molecule has 1 aliphatic heterocycles. The quantitative estimate of drug-likeness (QED) is 0.792. The number of hydrogen-bond acceptors (Lipinski definition) is 2. The Labute approximate surface area is 98.4 Å². The minimum absolute atomic E-state index is 0. The average Bonchev–Trinajstić information content (AvgIpc) is 2.12. The predicted molar refractivity (Wildman–Crippen MR) is 63.2 cm³/mol. The molecule has 1 aliphatic rings. The van der Waals surface area contributed by atoms with Gasteiger partial charge in [0.15, 0.2) is 0 Å². The highest BCUT2D eigenvalue weighted by Gasteiger charge is 2.21. The van der Waals surface area contributed by atoms with Gasteiger partial charge in [0.1, 0.15) is 5.75 Å². The summed E-state index contributed by atoms with van der Waals surface area (Å²) in [5.41, 5.74) is 8.28. The van der Waals surface area contributed by atoms with Gasteiger partial charge in [-0.3, -0.25) is 0 Å². The van der Waals surface area contributed by atoms with Crippen LogP contribution < -0.4 is 10.5 Å². The van der Waals surface area contributed by atoms with Crippen molar-refractivity contribution >= 4 is 28.3 Å². The monoisotopic (exact) mass is 277 g/mol. The first kappa shape index (κ1) is 11.8. The molecule has 0 aromatic heterocycles. The normalized spacial score (nSPS) is 19.2. The number of ether oxygens (including phenoxy) is 1. The van der Waals surface area contributed by atoms with Crippen LogP contribution in [-0.2, 0) is 0 Å². The molecule has 2 nitrogen and oxygen atoms in total. The van der Waals surface area contributed by atoms with Gasteiger partial charge in [-0.2, -0.15) is 0 Å². The fraction of sp³-hybridized carbons (Fsp3) is 0.400. The van der Waals surface area contributed by atoms with Crippen LogP contribution in [0, 0.1) is 6.92 Å². The van der Waals surface area contributed by atoms with Crippen LogP contribution in [0.25, 0.3) is 0 Å². The van der Waals surface area contributed by atoms with Crippen molar-refractivity contribution in [2.24, 2.45) is 5.73 Å². The van der Waals surface area contributed by atoms with Crippen LogP contribution in [0.2, 0.25) is 0 Å². The third-order valence-electron chi connectivity index (χ3n) is 2.39. The molecule has 14 heavy (non-hydrogen) atoms. The Morgan fingerprint density at radius 3 is 2.86 bits per heavy atom. The van der Waals surface area contributed by atoms with Crippen LogP contribution >= 0.6 is 28.3 Å². The summed E-state index contributed by atoms with van der Waals surface area (Å²) >= 11 is 3.50. The molecule has 0 saturated carbocycles. The molecule has 1 aromatic carbocycles. The van der Waals surface area contributed by atoms with Crippen LogP contribution in [0.15, 0.2) is 16.6 Å². The molecule has 0 radical (unpaired) electrons. The lowest BCUT2D eigenvalue weighted by Crippen LogP contribution is -2.21. The zero-order chi connectivity index (χ0) is 9.42. The molecule has 1 atom stereocenters. The van der Waals surface area contributed by atoms with Gasteiger partial charge in [-0.05, 0) is 18.6 Å². The number of fused-ring (bicyclic) bond motifs is 1. The third-order valence-corrected chi connectivity index (χ3v) is 3.08. The van der Waals surface area contributed by atoms with Crippen molar-refractivity contribution in [3.05, 3.63) is 27.7 Å². The highest BCUT2D eigenvalue weighted by atomic mass is 79.9. The van der Waals surface area contributed by atoms with Crippen LogP contribution in [0.5, 0.6) is 5.75 Å². The highest BCUT2D eigenvalue weighted by molar-refractivity contribution is 9.10. The maximum atomic E-state index is 6.01. The lowest BCUT2D eigenvalue weighted by molar-refractivity contribution is 0.266. The van der Waals surface area contributed by atoms with Crippen LogP contribution in [-0.4, -0.2) is 6.61 Å². The molecule has 0 fully saturated rings. The first-order valence-corrected chi connectivity index (χ1v) is 5.17. The van der Waals surface area contributed by atoms with E-state index in [1.807, 2.05) is 19.1 Å². The Morgan fingerprint density at radius 1 is 1.50 bits per heavy atom. The van der Waals surface area contributed by atoms with Crippen molar-refractivity contribution in [3.63, 3.8) is 0 Å². The molecule has 2 rings (SSSR count). The molecule has 0 bridgehead atoms. The van der Waals surface area contributed by atoms with E-state index in [-0.39, 0.29) is 18.4 Å². The van der Waals surface area contributed by atoms with E-state index < -0.39 is 0 Å². The smallest absolute Gasteiger partial charge is 0.128 e. The second kappa shape index (κ2) is 4.51. The van der Waals surface area contributed by atoms with E-state index in [2.05, 4.69) is 15.9 Å². The Morgan fingerprint density at radius 2 is 2.21 bits per heavy atom. The minimum atomic E-state index is 0. The minimum Gasteiger partial charge on any atom is -0.493 e. The molecule has 2 N–H and O–H groups in total. The molecule has 0 saturated heterocycles. The van der Waals surface area contributed by atoms with Gasteiger partial charge >= 0.3 is 0 Å². The van der Waals surface area contributed by atoms with Gasteiger partial charge in [-0.15, -0.1) is 12.4 Å². The summed E-state index contributed by atoms with van der Waals surface area (Å²) < 4.78 is 6.65. The van der Waals surface area contributed by atoms with Crippen LogP contribution in [0.4, 0.5) is 0 Å². The standard InChI is InChI=1S/C10H12BrNO.ClH/c1-6-2-3-7(11)9-8(12)4-5-13-10(6)9;/h2-3,8H,4-5,12H2,1H3;1H/t8-;/m0./s1. The lowest BCUT2D eigenvalue weighted by Gasteiger charge is -2.25. The molecular formula is C10H13BrClNO. The van der Waals surface area contributed by atoms with Crippen molar-refractivity contribution < 1.29 is 4.74 Å². The Kier molecular flexibility index (Phi) is 3.81. The maximum absolute atomic E-state index is 6.01. The summed E-state index contributed by atoms with van der Waals surface area (Å²) in [7, 11) is 0. The van der Waals surface area contributed by atoms with E-state index in [0.717, 1.165) is 34.4 Å². The van der Waals surface area contributed by atoms with Gasteiger partial charge in [-0.1, -0.05) is 22.0 Å². The molecule has 4 heteroatoms. The molecule has 1 aromatic rings. The van der Waals surface area contributed by atoms with Crippen molar-refractivity contribution in [2.45, 2.75) is 19.4 Å². The molecule has 78 valence electrons. The van der Waals surface area contributed by atoms with Gasteiger partial charge in [-0.25, -0.2) is 0 Å². The van der Waals surface area contributed by atoms with Gasteiger partial charge in [0.25, 0.3) is 0 Å². The molecule has 0 amide bonds. The largest absolute Gasteiger partial charge is 0.493 e. The number of rotatable bonds is 0. The Hall–Kier alpha value is -0.250. The highest BCUT2D eigenvalue weighted by Crippen LogP contribution is 2.38. The summed E-state index contributed by atoms with van der Waals surface area (Å²) in [4.78, 5) is 0. The average molecular weight is 279 g/mol. The Balaban J connectivity index is 0.000000980. The fourth-order valence-corrected chi connectivity index (χ4v) is 2.26. The van der Waals surface area contributed by atoms with Crippen molar-refractivity contribution in [1.29, 1.82) is 0 Å². The summed E-state index contributed by atoms with van der Waals surface area (Å²) in [6.45, 7) is 2.77. The van der Waals surface area contributed by atoms with E-state index in [1.54, 1.807) is 0 Å². The Bertz CT molecular complexity index is 343. The third kappa shape index (κ3) is 1.90. The SMILES string of the molecule is Cc1ccc(Br)c2c1OCC[C@@H]2N.Cl. The van der Waals surface area contributed by atoms with Crippen molar-refractivity contribution in [2.75, 3.05) is 6.61 Å². The molecule has 0 aliphatic carbocycles. The first-order chi connectivity index (χ1) is 6.20. The van der Waals surface area contributed by atoms with Gasteiger partial charge in [0.2, 0.25) is 0 Å². The van der Waals surface area contributed by atoms with Crippen molar-refractivity contribution in [3.8, 4) is 5.75 Å². The number of nitrogens with two attached hydrogens (primary N) is 1. The second-order valence-electron chi connectivity index (χ2n) is 3.35. The zero-order valence-corrected chi connectivity index (χ0v) is 10.3. The van der Waals surface area contributed by atoms with E-state index >= 15 is 0 Å². The van der Waals surface area contributed by atoms with E-state index in [4.69, 9.17) is 10.5 Å². The molecular weight excluding hydrogens is 265 g/mol. The molecule has 0 spiro atoms. The summed E-state index contributed by atoms with van der Waals surface area (Å²) in [5.74, 6) is 0.966. The number of benzene rings is 1. The topological polar surface area (TPSA) is 35.2 Å². The predicted octanol–water partition coefficient (Wildman–Crippen LogP) is 2.96. The summed E-state index contributed by atoms with van der Waals surface area (Å²) in [6.07, 6.45) is 0.898. The zero-order valence-electron chi connectivity index (χ0n) is 7.92. The first-order valence-electron chi connectivity index (χ1n) is 4.37. The van der Waals surface area contributed by atoms with Gasteiger partial charge < -0.3 is 10.5 Å². The van der Waals surface area contributed by atoms with E-state index in [9.17, 15) is 0 Å². The lowest BCUT2D eigenvalue weighted by atomic mass is 9.99. The summed E-state index contributed by atoms with van der Waals surface area (Å²) in [5, 5.41) is 0. The number of aryl methyl sites for hydroxylation is 1. The van der Waals surface area contributed by atoms with Gasteiger partial charge in [0.05, 0.1) is 6.61 Å². The number of halogens is 2. The van der Waals surface area contributed by atoms with Crippen LogP contribution in [0.1, 0.15) is 23.6 Å². The van der Waals surface area contributed by atoms with E-state index in [1.165, 1.54) is 0 Å². The van der Waals surface area contributed by atoms with E-state index in [0.29, 0.717) is 0 Å². The second-order valence-corrected chi connectivity index (χ2v) is 4.21. The van der Waals surface area contributed by atoms with Gasteiger partial charge in [0, 0.05) is 22.5 Å². The number of hydrogen-bond donors (Lipinski definition) is 1. The van der Waals surface area contributed by atoms with Crippen LogP contribution in [0.3, 0.4) is 0 Å². The van der Waals surface area contributed by atoms with Crippen molar-refractivity contribution in [1.82, 2.24) is 0 Å². The maximum Gasteiger partial charge on any atom is 0.128 e. The molecule has 0 unspecified atom stereocenters. The fourth-order valence-electron chi connectivity index (χ4n) is 1.65. The molecule has 1 heterocycles.